The molecule has 1 aromatic carbocycles. The van der Waals surface area contributed by atoms with Gasteiger partial charge in [-0.2, -0.15) is 0 Å². The van der Waals surface area contributed by atoms with E-state index in [-0.39, 0.29) is 13.0 Å². The van der Waals surface area contributed by atoms with Crippen molar-refractivity contribution >= 4 is 17.8 Å². The lowest BCUT2D eigenvalue weighted by molar-refractivity contribution is -0.150. The molecule has 1 rings (SSSR count). The number of hydrogen-bond acceptors (Lipinski definition) is 6. The number of amides is 1. The second-order valence-electron chi connectivity index (χ2n) is 4.67. The van der Waals surface area contributed by atoms with Gasteiger partial charge in [-0.3, -0.25) is 9.59 Å². The Morgan fingerprint density at radius 2 is 1.83 bits per heavy atom. The molecule has 0 aliphatic rings. The van der Waals surface area contributed by atoms with Crippen LogP contribution in [0.1, 0.15) is 18.9 Å². The number of methoxy groups -OCH3 is 2. The van der Waals surface area contributed by atoms with Crippen molar-refractivity contribution in [3.63, 3.8) is 0 Å². The normalized spacial score (nSPS) is 11.3. The van der Waals surface area contributed by atoms with Gasteiger partial charge in [-0.1, -0.05) is 25.1 Å². The molecule has 0 bridgehead atoms. The molecule has 0 saturated carbocycles. The zero-order chi connectivity index (χ0) is 17.2. The Hall–Kier alpha value is -2.57. The first-order valence-corrected chi connectivity index (χ1v) is 7.16. The molecule has 0 saturated heterocycles. The molecule has 0 spiro atoms. The van der Waals surface area contributed by atoms with Gasteiger partial charge in [0.15, 0.2) is 6.61 Å². The summed E-state index contributed by atoms with van der Waals surface area (Å²) in [6.45, 7) is 1.71. The topological polar surface area (TPSA) is 90.9 Å². The highest BCUT2D eigenvalue weighted by atomic mass is 16.5. The summed E-state index contributed by atoms with van der Waals surface area (Å²) in [6, 6.07) is 6.25. The van der Waals surface area contributed by atoms with E-state index in [1.807, 2.05) is 19.1 Å². The van der Waals surface area contributed by atoms with E-state index in [0.29, 0.717) is 5.75 Å². The third kappa shape index (κ3) is 5.98. The predicted molar refractivity (Wildman–Crippen MR) is 81.9 cm³/mol. The Morgan fingerprint density at radius 1 is 1.13 bits per heavy atom. The van der Waals surface area contributed by atoms with Gasteiger partial charge in [0.25, 0.3) is 5.91 Å². The first-order chi connectivity index (χ1) is 11.0. The van der Waals surface area contributed by atoms with Gasteiger partial charge in [0.1, 0.15) is 11.8 Å². The maximum atomic E-state index is 11.9. The molecule has 7 nitrogen and oxygen atoms in total. The molecule has 23 heavy (non-hydrogen) atoms. The fraction of sp³-hybridized carbons (Fsp3) is 0.438. The van der Waals surface area contributed by atoms with Crippen molar-refractivity contribution in [2.24, 2.45) is 0 Å². The van der Waals surface area contributed by atoms with E-state index >= 15 is 0 Å². The largest absolute Gasteiger partial charge is 0.483 e. The summed E-state index contributed by atoms with van der Waals surface area (Å²) in [5.74, 6) is -1.28. The number of carbonyl (C=O) groups is 3. The number of rotatable bonds is 8. The van der Waals surface area contributed by atoms with Gasteiger partial charge in [0.05, 0.1) is 20.6 Å². The summed E-state index contributed by atoms with van der Waals surface area (Å²) in [7, 11) is 2.37. The van der Waals surface area contributed by atoms with Gasteiger partial charge in [-0.25, -0.2) is 4.79 Å². The zero-order valence-electron chi connectivity index (χ0n) is 13.5. The lowest BCUT2D eigenvalue weighted by Gasteiger charge is -2.16. The standard InChI is InChI=1S/C16H21NO6/c1-4-11-7-5-6-8-13(11)23-10-14(18)17-12(16(20)22-3)9-15(19)21-2/h5-8,12H,4,9-10H2,1-3H3,(H,17,18). The van der Waals surface area contributed by atoms with Crippen molar-refractivity contribution in [2.45, 2.75) is 25.8 Å². The Bertz CT molecular complexity index is 557. The molecule has 0 aliphatic heterocycles. The van der Waals surface area contributed by atoms with E-state index in [2.05, 4.69) is 14.8 Å². The fourth-order valence-electron chi connectivity index (χ4n) is 1.90. The molecule has 1 amide bonds. The number of nitrogens with one attached hydrogen (secondary N) is 1. The number of hydrogen-bond donors (Lipinski definition) is 1. The molecular formula is C16H21NO6. The van der Waals surface area contributed by atoms with Gasteiger partial charge in [-0.05, 0) is 18.1 Å². The van der Waals surface area contributed by atoms with E-state index < -0.39 is 23.9 Å². The van der Waals surface area contributed by atoms with Crippen molar-refractivity contribution < 1.29 is 28.6 Å². The van der Waals surface area contributed by atoms with Gasteiger partial charge < -0.3 is 19.5 Å². The molecule has 0 radical (unpaired) electrons. The maximum Gasteiger partial charge on any atom is 0.328 e. The number of aryl methyl sites for hydroxylation is 1. The molecule has 0 fully saturated rings. The minimum atomic E-state index is -1.11. The van der Waals surface area contributed by atoms with Crippen LogP contribution in [0.25, 0.3) is 0 Å². The number of carbonyl (C=O) groups excluding carboxylic acids is 3. The first-order valence-electron chi connectivity index (χ1n) is 7.16. The highest BCUT2D eigenvalue weighted by Crippen LogP contribution is 2.17. The van der Waals surface area contributed by atoms with Crippen molar-refractivity contribution in [1.29, 1.82) is 0 Å². The maximum absolute atomic E-state index is 11.9. The van der Waals surface area contributed by atoms with E-state index in [4.69, 9.17) is 4.74 Å². The number of para-hydroxylation sites is 1. The van der Waals surface area contributed by atoms with Gasteiger partial charge in [0.2, 0.25) is 0 Å². The van der Waals surface area contributed by atoms with Crippen LogP contribution in [-0.2, 0) is 30.3 Å². The summed E-state index contributed by atoms with van der Waals surface area (Å²) in [6.07, 6.45) is 0.464. The monoisotopic (exact) mass is 323 g/mol. The molecular weight excluding hydrogens is 302 g/mol. The van der Waals surface area contributed by atoms with Gasteiger partial charge in [0, 0.05) is 0 Å². The third-order valence-corrected chi connectivity index (χ3v) is 3.13. The van der Waals surface area contributed by atoms with Crippen LogP contribution in [0.5, 0.6) is 5.75 Å². The SMILES string of the molecule is CCc1ccccc1OCC(=O)NC(CC(=O)OC)C(=O)OC. The molecule has 0 aliphatic carbocycles. The van der Waals surface area contributed by atoms with Crippen molar-refractivity contribution in [3.05, 3.63) is 29.8 Å². The van der Waals surface area contributed by atoms with Crippen molar-refractivity contribution in [3.8, 4) is 5.75 Å². The smallest absolute Gasteiger partial charge is 0.328 e. The lowest BCUT2D eigenvalue weighted by Crippen LogP contribution is -2.45. The summed E-state index contributed by atoms with van der Waals surface area (Å²) >= 11 is 0. The van der Waals surface area contributed by atoms with Crippen LogP contribution >= 0.6 is 0 Å². The highest BCUT2D eigenvalue weighted by Gasteiger charge is 2.25. The average molecular weight is 323 g/mol. The molecule has 0 heterocycles. The summed E-state index contributed by atoms with van der Waals surface area (Å²) in [5.41, 5.74) is 0.972. The quantitative estimate of drug-likeness (QED) is 0.713. The highest BCUT2D eigenvalue weighted by molar-refractivity contribution is 5.88. The fourth-order valence-corrected chi connectivity index (χ4v) is 1.90. The Balaban J connectivity index is 2.61. The van der Waals surface area contributed by atoms with Crippen LogP contribution in [0.2, 0.25) is 0 Å². The Morgan fingerprint density at radius 3 is 2.43 bits per heavy atom. The van der Waals surface area contributed by atoms with E-state index in [9.17, 15) is 14.4 Å². The number of ether oxygens (including phenoxy) is 3. The summed E-state index contributed by atoms with van der Waals surface area (Å²) in [4.78, 5) is 34.8. The molecule has 1 N–H and O–H groups in total. The second kappa shape index (κ2) is 9.45. The van der Waals surface area contributed by atoms with Crippen LogP contribution in [0.15, 0.2) is 24.3 Å². The second-order valence-corrected chi connectivity index (χ2v) is 4.67. The summed E-state index contributed by atoms with van der Waals surface area (Å²) in [5, 5.41) is 2.40. The van der Waals surface area contributed by atoms with Gasteiger partial charge in [-0.15, -0.1) is 0 Å². The van der Waals surface area contributed by atoms with Crippen LogP contribution in [0, 0.1) is 0 Å². The zero-order valence-corrected chi connectivity index (χ0v) is 13.5. The van der Waals surface area contributed by atoms with Crippen LogP contribution < -0.4 is 10.1 Å². The van der Waals surface area contributed by atoms with E-state index in [1.54, 1.807) is 12.1 Å². The Kier molecular flexibility index (Phi) is 7.59. The molecule has 1 aromatic rings. The van der Waals surface area contributed by atoms with E-state index in [0.717, 1.165) is 12.0 Å². The average Bonchev–Trinajstić information content (AvgIpc) is 2.58. The predicted octanol–water partition coefficient (Wildman–Crippen LogP) is 0.849. The van der Waals surface area contributed by atoms with Crippen LogP contribution in [0.4, 0.5) is 0 Å². The molecule has 1 unspecified atom stereocenters. The molecule has 7 heteroatoms. The number of benzene rings is 1. The minimum absolute atomic E-state index is 0.272. The summed E-state index contributed by atoms with van der Waals surface area (Å²) < 4.78 is 14.5. The molecule has 126 valence electrons. The van der Waals surface area contributed by atoms with Crippen molar-refractivity contribution in [2.75, 3.05) is 20.8 Å². The first kappa shape index (κ1) is 18.5. The van der Waals surface area contributed by atoms with Crippen LogP contribution in [-0.4, -0.2) is 44.7 Å². The van der Waals surface area contributed by atoms with Crippen molar-refractivity contribution in [1.82, 2.24) is 5.32 Å². The third-order valence-electron chi connectivity index (χ3n) is 3.13. The van der Waals surface area contributed by atoms with Gasteiger partial charge >= 0.3 is 11.9 Å². The Labute approximate surface area is 134 Å². The lowest BCUT2D eigenvalue weighted by atomic mass is 10.1. The minimum Gasteiger partial charge on any atom is -0.483 e. The molecule has 1 atom stereocenters. The van der Waals surface area contributed by atoms with Crippen LogP contribution in [0.3, 0.4) is 0 Å². The number of esters is 2. The molecule has 0 aromatic heterocycles. The van der Waals surface area contributed by atoms with E-state index in [1.165, 1.54) is 14.2 Å².